The molecule has 1 saturated heterocycles. The number of hydrogen-bond acceptors (Lipinski definition) is 5. The molecule has 1 amide bonds. The van der Waals surface area contributed by atoms with E-state index < -0.39 is 5.60 Å². The van der Waals surface area contributed by atoms with Crippen LogP contribution in [0.25, 0.3) is 11.1 Å². The van der Waals surface area contributed by atoms with E-state index in [0.29, 0.717) is 26.1 Å². The maximum absolute atomic E-state index is 12.4. The molecule has 1 aromatic heterocycles. The lowest BCUT2D eigenvalue weighted by atomic mass is 10.0. The molecule has 3 aromatic rings. The minimum absolute atomic E-state index is 0.0964. The van der Waals surface area contributed by atoms with E-state index in [2.05, 4.69) is 17.4 Å². The topological polar surface area (TPSA) is 76.8 Å². The van der Waals surface area contributed by atoms with E-state index in [1.54, 1.807) is 4.90 Å². The van der Waals surface area contributed by atoms with Gasteiger partial charge in [0.15, 0.2) is 0 Å². The zero-order chi connectivity index (χ0) is 24.8. The SMILES string of the molecule is CC(C)(C)OC(=O)N1CCC(n2cc(-c3cc(CCO)ccc3OCc3ccccc3)cn2)CC1. The third-order valence-corrected chi connectivity index (χ3v) is 6.08. The van der Waals surface area contributed by atoms with Crippen molar-refractivity contribution >= 4 is 6.09 Å². The highest BCUT2D eigenvalue weighted by Gasteiger charge is 2.28. The molecule has 186 valence electrons. The molecule has 7 nitrogen and oxygen atoms in total. The summed E-state index contributed by atoms with van der Waals surface area (Å²) in [6, 6.07) is 16.3. The van der Waals surface area contributed by atoms with Gasteiger partial charge in [-0.2, -0.15) is 5.10 Å². The first-order valence-electron chi connectivity index (χ1n) is 12.3. The Balaban J connectivity index is 1.47. The molecule has 0 unspecified atom stereocenters. The van der Waals surface area contributed by atoms with E-state index in [9.17, 15) is 9.90 Å². The van der Waals surface area contributed by atoms with E-state index in [4.69, 9.17) is 9.47 Å². The number of carbonyl (C=O) groups excluding carboxylic acids is 1. The van der Waals surface area contributed by atoms with Crippen molar-refractivity contribution in [3.8, 4) is 16.9 Å². The first kappa shape index (κ1) is 24.8. The number of aromatic nitrogens is 2. The average molecular weight is 478 g/mol. The van der Waals surface area contributed by atoms with Crippen LogP contribution in [0.4, 0.5) is 4.79 Å². The summed E-state index contributed by atoms with van der Waals surface area (Å²) < 4.78 is 13.7. The zero-order valence-electron chi connectivity index (χ0n) is 20.8. The second-order valence-electron chi connectivity index (χ2n) is 9.99. The Kier molecular flexibility index (Phi) is 7.76. The van der Waals surface area contributed by atoms with Crippen molar-refractivity contribution in [3.63, 3.8) is 0 Å². The zero-order valence-corrected chi connectivity index (χ0v) is 20.8. The number of ether oxygens (including phenoxy) is 2. The average Bonchev–Trinajstić information content (AvgIpc) is 3.33. The molecule has 2 heterocycles. The van der Waals surface area contributed by atoms with Gasteiger partial charge in [-0.15, -0.1) is 0 Å². The number of amides is 1. The van der Waals surface area contributed by atoms with Gasteiger partial charge in [0.2, 0.25) is 0 Å². The molecule has 0 aliphatic carbocycles. The maximum atomic E-state index is 12.4. The molecule has 0 atom stereocenters. The smallest absolute Gasteiger partial charge is 0.410 e. The minimum Gasteiger partial charge on any atom is -0.488 e. The Bertz CT molecular complexity index is 1110. The predicted molar refractivity (Wildman–Crippen MR) is 135 cm³/mol. The van der Waals surface area contributed by atoms with Gasteiger partial charge in [-0.05, 0) is 63.3 Å². The summed E-state index contributed by atoms with van der Waals surface area (Å²) >= 11 is 0. The number of likely N-dealkylation sites (tertiary alicyclic amines) is 1. The summed E-state index contributed by atoms with van der Waals surface area (Å²) in [5.41, 5.74) is 3.60. The summed E-state index contributed by atoms with van der Waals surface area (Å²) in [6.45, 7) is 7.52. The summed E-state index contributed by atoms with van der Waals surface area (Å²) in [5, 5.41) is 14.1. The monoisotopic (exact) mass is 477 g/mol. The van der Waals surface area contributed by atoms with Crippen LogP contribution in [0.1, 0.15) is 50.8 Å². The lowest BCUT2D eigenvalue weighted by Crippen LogP contribution is -2.42. The molecule has 1 N–H and O–H groups in total. The van der Waals surface area contributed by atoms with Crippen molar-refractivity contribution in [2.75, 3.05) is 19.7 Å². The largest absolute Gasteiger partial charge is 0.488 e. The van der Waals surface area contributed by atoms with Crippen molar-refractivity contribution in [1.82, 2.24) is 14.7 Å². The van der Waals surface area contributed by atoms with E-state index in [1.165, 1.54) is 0 Å². The molecule has 4 rings (SSSR count). The van der Waals surface area contributed by atoms with Crippen molar-refractivity contribution in [3.05, 3.63) is 72.1 Å². The Morgan fingerprint density at radius 3 is 2.51 bits per heavy atom. The fourth-order valence-electron chi connectivity index (χ4n) is 4.26. The lowest BCUT2D eigenvalue weighted by molar-refractivity contribution is 0.0185. The molecule has 0 bridgehead atoms. The van der Waals surface area contributed by atoms with Crippen LogP contribution in [0, 0.1) is 0 Å². The fourth-order valence-corrected chi connectivity index (χ4v) is 4.26. The molecule has 2 aromatic carbocycles. The number of aliphatic hydroxyl groups is 1. The molecule has 1 aliphatic rings. The standard InChI is InChI=1S/C28H35N3O4/c1-28(2,3)35-27(33)30-14-11-24(12-15-30)31-19-23(18-29-31)25-17-21(13-16-32)9-10-26(25)34-20-22-7-5-4-6-8-22/h4-10,17-19,24,32H,11-16,20H2,1-3H3. The van der Waals surface area contributed by atoms with E-state index in [0.717, 1.165) is 40.8 Å². The van der Waals surface area contributed by atoms with Crippen LogP contribution in [-0.2, 0) is 17.8 Å². The molecule has 1 aliphatic heterocycles. The Morgan fingerprint density at radius 2 is 1.83 bits per heavy atom. The third kappa shape index (κ3) is 6.63. The van der Waals surface area contributed by atoms with Crippen molar-refractivity contribution < 1.29 is 19.4 Å². The highest BCUT2D eigenvalue weighted by molar-refractivity contribution is 5.70. The molecular weight excluding hydrogens is 442 g/mol. The third-order valence-electron chi connectivity index (χ3n) is 6.08. The molecule has 7 heteroatoms. The molecule has 0 saturated carbocycles. The Morgan fingerprint density at radius 1 is 1.09 bits per heavy atom. The van der Waals surface area contributed by atoms with Crippen LogP contribution >= 0.6 is 0 Å². The summed E-state index contributed by atoms with van der Waals surface area (Å²) in [6.07, 6.45) is 5.90. The van der Waals surface area contributed by atoms with Crippen LogP contribution in [0.5, 0.6) is 5.75 Å². The number of rotatable bonds is 7. The summed E-state index contributed by atoms with van der Waals surface area (Å²) in [4.78, 5) is 14.2. The Hall–Kier alpha value is -3.32. The molecule has 35 heavy (non-hydrogen) atoms. The maximum Gasteiger partial charge on any atom is 0.410 e. The van der Waals surface area contributed by atoms with Crippen LogP contribution in [0.3, 0.4) is 0 Å². The first-order valence-corrected chi connectivity index (χ1v) is 12.3. The lowest BCUT2D eigenvalue weighted by Gasteiger charge is -2.33. The van der Waals surface area contributed by atoms with Gasteiger partial charge in [-0.3, -0.25) is 4.68 Å². The van der Waals surface area contributed by atoms with Gasteiger partial charge < -0.3 is 19.5 Å². The van der Waals surface area contributed by atoms with E-state index in [1.807, 2.05) is 74.1 Å². The van der Waals surface area contributed by atoms with Gasteiger partial charge in [-0.25, -0.2) is 4.79 Å². The van der Waals surface area contributed by atoms with Crippen molar-refractivity contribution in [2.45, 2.75) is 58.3 Å². The number of nitrogens with zero attached hydrogens (tertiary/aromatic N) is 3. The molecule has 1 fully saturated rings. The molecule has 0 spiro atoms. The van der Waals surface area contributed by atoms with Crippen LogP contribution in [-0.4, -0.2) is 51.2 Å². The van der Waals surface area contributed by atoms with E-state index >= 15 is 0 Å². The molecule has 0 radical (unpaired) electrons. The van der Waals surface area contributed by atoms with Gasteiger partial charge >= 0.3 is 6.09 Å². The number of piperidine rings is 1. The van der Waals surface area contributed by atoms with Crippen LogP contribution in [0.2, 0.25) is 0 Å². The van der Waals surface area contributed by atoms with Gasteiger partial charge in [0.1, 0.15) is 18.0 Å². The second-order valence-corrected chi connectivity index (χ2v) is 9.99. The predicted octanol–water partition coefficient (Wildman–Crippen LogP) is 5.24. The number of carbonyl (C=O) groups is 1. The number of hydrogen-bond donors (Lipinski definition) is 1. The van der Waals surface area contributed by atoms with Crippen molar-refractivity contribution in [1.29, 1.82) is 0 Å². The van der Waals surface area contributed by atoms with Gasteiger partial charge in [-0.1, -0.05) is 36.4 Å². The highest BCUT2D eigenvalue weighted by atomic mass is 16.6. The summed E-state index contributed by atoms with van der Waals surface area (Å²) in [5.74, 6) is 0.787. The van der Waals surface area contributed by atoms with Crippen molar-refractivity contribution in [2.24, 2.45) is 0 Å². The van der Waals surface area contributed by atoms with E-state index in [-0.39, 0.29) is 18.7 Å². The summed E-state index contributed by atoms with van der Waals surface area (Å²) in [7, 11) is 0. The van der Waals surface area contributed by atoms with Gasteiger partial charge in [0.25, 0.3) is 0 Å². The second kappa shape index (κ2) is 11.0. The normalized spacial score (nSPS) is 14.7. The minimum atomic E-state index is -0.490. The number of benzene rings is 2. The quantitative estimate of drug-likeness (QED) is 0.504. The van der Waals surface area contributed by atoms with Crippen LogP contribution in [0.15, 0.2) is 60.9 Å². The van der Waals surface area contributed by atoms with Gasteiger partial charge in [0.05, 0.1) is 12.2 Å². The van der Waals surface area contributed by atoms with Crippen LogP contribution < -0.4 is 4.74 Å². The van der Waals surface area contributed by atoms with Gasteiger partial charge in [0, 0.05) is 37.0 Å². The number of aliphatic hydroxyl groups excluding tert-OH is 1. The Labute approximate surface area is 207 Å². The highest BCUT2D eigenvalue weighted by Crippen LogP contribution is 2.33. The fraction of sp³-hybridized carbons (Fsp3) is 0.429. The molecular formula is C28H35N3O4. The first-order chi connectivity index (χ1) is 16.8.